The predicted octanol–water partition coefficient (Wildman–Crippen LogP) is 3.09. The van der Waals surface area contributed by atoms with E-state index in [0.717, 1.165) is 41.9 Å². The van der Waals surface area contributed by atoms with Crippen LogP contribution in [0.15, 0.2) is 35.7 Å². The van der Waals surface area contributed by atoms with E-state index in [1.807, 2.05) is 35.7 Å². The molecule has 2 aromatic rings. The van der Waals surface area contributed by atoms with Crippen molar-refractivity contribution in [1.29, 1.82) is 0 Å². The minimum atomic E-state index is -0.684. The Hall–Kier alpha value is -1.72. The number of carbonyl (C=O) groups excluding carboxylic acids is 1. The number of hydrogen-bond acceptors (Lipinski definition) is 4. The van der Waals surface area contributed by atoms with Gasteiger partial charge in [-0.3, -0.25) is 4.79 Å². The van der Waals surface area contributed by atoms with Gasteiger partial charge in [0.05, 0.1) is 17.8 Å². The first-order chi connectivity index (χ1) is 10.7. The van der Waals surface area contributed by atoms with Crippen LogP contribution in [0.4, 0.5) is 0 Å². The maximum Gasteiger partial charge on any atom is 0.240 e. The highest BCUT2D eigenvalue weighted by atomic mass is 32.1. The third kappa shape index (κ3) is 3.36. The third-order valence-electron chi connectivity index (χ3n) is 4.20. The summed E-state index contributed by atoms with van der Waals surface area (Å²) < 4.78 is 0. The first-order valence-electron chi connectivity index (χ1n) is 7.74. The van der Waals surface area contributed by atoms with Gasteiger partial charge in [0.15, 0.2) is 0 Å². The molecule has 1 aromatic carbocycles. The van der Waals surface area contributed by atoms with Crippen molar-refractivity contribution in [1.82, 2.24) is 10.3 Å². The average Bonchev–Trinajstić information content (AvgIpc) is 3.03. The number of thiazole rings is 1. The van der Waals surface area contributed by atoms with Crippen LogP contribution in [0.1, 0.15) is 37.8 Å². The van der Waals surface area contributed by atoms with E-state index in [-0.39, 0.29) is 5.91 Å². The van der Waals surface area contributed by atoms with E-state index >= 15 is 0 Å². The zero-order valence-corrected chi connectivity index (χ0v) is 13.4. The van der Waals surface area contributed by atoms with Gasteiger partial charge < -0.3 is 11.1 Å². The Labute approximate surface area is 134 Å². The van der Waals surface area contributed by atoms with Gasteiger partial charge in [-0.15, -0.1) is 11.3 Å². The molecule has 0 radical (unpaired) electrons. The minimum absolute atomic E-state index is 0.0403. The van der Waals surface area contributed by atoms with Gasteiger partial charge in [0.2, 0.25) is 5.91 Å². The van der Waals surface area contributed by atoms with Crippen LogP contribution < -0.4 is 11.1 Å². The number of rotatable bonds is 4. The Balaban J connectivity index is 1.60. The minimum Gasteiger partial charge on any atom is -0.349 e. The molecule has 3 N–H and O–H groups in total. The Morgan fingerprint density at radius 2 is 1.95 bits per heavy atom. The zero-order valence-electron chi connectivity index (χ0n) is 12.5. The molecule has 0 unspecified atom stereocenters. The molecule has 0 aliphatic heterocycles. The van der Waals surface area contributed by atoms with E-state index in [4.69, 9.17) is 5.73 Å². The van der Waals surface area contributed by atoms with E-state index in [1.165, 1.54) is 6.42 Å². The van der Waals surface area contributed by atoms with Gasteiger partial charge in [0, 0.05) is 10.9 Å². The first-order valence-corrected chi connectivity index (χ1v) is 8.62. The molecule has 1 fully saturated rings. The van der Waals surface area contributed by atoms with E-state index in [9.17, 15) is 4.79 Å². The summed E-state index contributed by atoms with van der Waals surface area (Å²) in [7, 11) is 0. The van der Waals surface area contributed by atoms with Crippen LogP contribution in [0.5, 0.6) is 0 Å². The smallest absolute Gasteiger partial charge is 0.240 e. The second kappa shape index (κ2) is 6.58. The second-order valence-electron chi connectivity index (χ2n) is 5.91. The van der Waals surface area contributed by atoms with Gasteiger partial charge in [-0.25, -0.2) is 4.98 Å². The lowest BCUT2D eigenvalue weighted by Gasteiger charge is -2.31. The SMILES string of the molecule is NC1(C(=O)NCc2csc(-c3ccccc3)n2)CCCCC1. The van der Waals surface area contributed by atoms with Gasteiger partial charge in [0.25, 0.3) is 0 Å². The highest BCUT2D eigenvalue weighted by Crippen LogP contribution is 2.26. The number of hydrogen-bond donors (Lipinski definition) is 2. The number of carbonyl (C=O) groups is 1. The molecular formula is C17H21N3OS. The predicted molar refractivity (Wildman–Crippen MR) is 89.4 cm³/mol. The molecule has 0 saturated heterocycles. The van der Waals surface area contributed by atoms with E-state index in [0.29, 0.717) is 6.54 Å². The van der Waals surface area contributed by atoms with Crippen molar-refractivity contribution in [2.24, 2.45) is 5.73 Å². The Bertz CT molecular complexity index is 632. The lowest BCUT2D eigenvalue weighted by atomic mass is 9.82. The number of amides is 1. The van der Waals surface area contributed by atoms with Crippen LogP contribution in [0.25, 0.3) is 10.6 Å². The van der Waals surface area contributed by atoms with Gasteiger partial charge in [0.1, 0.15) is 5.01 Å². The van der Waals surface area contributed by atoms with Crippen molar-refractivity contribution in [3.63, 3.8) is 0 Å². The molecule has 3 rings (SSSR count). The Kier molecular flexibility index (Phi) is 4.55. The summed E-state index contributed by atoms with van der Waals surface area (Å²) in [6.07, 6.45) is 4.83. The van der Waals surface area contributed by atoms with Crippen molar-refractivity contribution in [3.8, 4) is 10.6 Å². The van der Waals surface area contributed by atoms with Crippen LogP contribution in [-0.4, -0.2) is 16.4 Å². The van der Waals surface area contributed by atoms with Crippen molar-refractivity contribution in [2.75, 3.05) is 0 Å². The Morgan fingerprint density at radius 3 is 2.68 bits per heavy atom. The summed E-state index contributed by atoms with van der Waals surface area (Å²) >= 11 is 1.60. The van der Waals surface area contributed by atoms with Gasteiger partial charge in [-0.2, -0.15) is 0 Å². The monoisotopic (exact) mass is 315 g/mol. The number of nitrogens with two attached hydrogens (primary N) is 1. The Morgan fingerprint density at radius 1 is 1.23 bits per heavy atom. The van der Waals surface area contributed by atoms with E-state index in [1.54, 1.807) is 11.3 Å². The quantitative estimate of drug-likeness (QED) is 0.911. The number of nitrogens with one attached hydrogen (secondary N) is 1. The van der Waals surface area contributed by atoms with Crippen LogP contribution >= 0.6 is 11.3 Å². The molecule has 0 atom stereocenters. The van der Waals surface area contributed by atoms with Crippen LogP contribution in [0.2, 0.25) is 0 Å². The van der Waals surface area contributed by atoms with Gasteiger partial charge >= 0.3 is 0 Å². The van der Waals surface area contributed by atoms with Crippen molar-refractivity contribution < 1.29 is 4.79 Å². The fourth-order valence-electron chi connectivity index (χ4n) is 2.86. The summed E-state index contributed by atoms with van der Waals surface area (Å²) in [5.41, 5.74) is 7.54. The molecule has 22 heavy (non-hydrogen) atoms. The number of benzene rings is 1. The molecule has 5 heteroatoms. The molecule has 1 aromatic heterocycles. The van der Waals surface area contributed by atoms with Crippen LogP contribution in [0.3, 0.4) is 0 Å². The first kappa shape index (κ1) is 15.2. The van der Waals surface area contributed by atoms with Crippen molar-refractivity contribution in [2.45, 2.75) is 44.2 Å². The summed E-state index contributed by atoms with van der Waals surface area (Å²) in [6.45, 7) is 0.446. The highest BCUT2D eigenvalue weighted by Gasteiger charge is 2.34. The third-order valence-corrected chi connectivity index (χ3v) is 5.14. The number of aromatic nitrogens is 1. The highest BCUT2D eigenvalue weighted by molar-refractivity contribution is 7.13. The van der Waals surface area contributed by atoms with Gasteiger partial charge in [-0.05, 0) is 12.8 Å². The van der Waals surface area contributed by atoms with Crippen LogP contribution in [-0.2, 0) is 11.3 Å². The van der Waals surface area contributed by atoms with E-state index < -0.39 is 5.54 Å². The topological polar surface area (TPSA) is 68.0 Å². The largest absolute Gasteiger partial charge is 0.349 e. The van der Waals surface area contributed by atoms with Crippen molar-refractivity contribution in [3.05, 3.63) is 41.4 Å². The maximum atomic E-state index is 12.3. The fraction of sp³-hybridized carbons (Fsp3) is 0.412. The van der Waals surface area contributed by atoms with Crippen molar-refractivity contribution >= 4 is 17.2 Å². The molecule has 116 valence electrons. The molecule has 1 amide bonds. The molecule has 1 aliphatic rings. The lowest BCUT2D eigenvalue weighted by molar-refractivity contribution is -0.127. The molecule has 1 saturated carbocycles. The maximum absolute atomic E-state index is 12.3. The van der Waals surface area contributed by atoms with Gasteiger partial charge in [-0.1, -0.05) is 49.6 Å². The van der Waals surface area contributed by atoms with E-state index in [2.05, 4.69) is 10.3 Å². The normalized spacial score (nSPS) is 17.1. The summed E-state index contributed by atoms with van der Waals surface area (Å²) in [5.74, 6) is -0.0403. The van der Waals surface area contributed by atoms with Crippen LogP contribution in [0, 0.1) is 0 Å². The molecule has 4 nitrogen and oxygen atoms in total. The molecule has 0 bridgehead atoms. The fourth-order valence-corrected chi connectivity index (χ4v) is 3.68. The lowest BCUT2D eigenvalue weighted by Crippen LogP contribution is -2.54. The summed E-state index contributed by atoms with van der Waals surface area (Å²) in [4.78, 5) is 16.9. The second-order valence-corrected chi connectivity index (χ2v) is 6.77. The molecule has 1 heterocycles. The summed E-state index contributed by atoms with van der Waals surface area (Å²) in [5, 5.41) is 5.92. The molecule has 0 spiro atoms. The molecular weight excluding hydrogens is 294 g/mol. The summed E-state index contributed by atoms with van der Waals surface area (Å²) in [6, 6.07) is 10.1. The standard InChI is InChI=1S/C17H21N3OS/c18-17(9-5-2-6-10-17)16(21)19-11-14-12-22-15(20-14)13-7-3-1-4-8-13/h1,3-4,7-8,12H,2,5-6,9-11,18H2,(H,19,21). The molecule has 1 aliphatic carbocycles. The number of nitrogens with zero attached hydrogens (tertiary/aromatic N) is 1. The average molecular weight is 315 g/mol. The zero-order chi connectivity index (χ0) is 15.4.